The van der Waals surface area contributed by atoms with Gasteiger partial charge in [0.05, 0.1) is 0 Å². The van der Waals surface area contributed by atoms with Crippen LogP contribution in [0.2, 0.25) is 0 Å². The van der Waals surface area contributed by atoms with Crippen molar-refractivity contribution in [2.75, 3.05) is 26.2 Å². The van der Waals surface area contributed by atoms with Gasteiger partial charge >= 0.3 is 0 Å². The van der Waals surface area contributed by atoms with Gasteiger partial charge in [0, 0.05) is 43.6 Å². The maximum Gasteiger partial charge on any atom is 0.0243 e. The fourth-order valence-electron chi connectivity index (χ4n) is 3.57. The van der Waals surface area contributed by atoms with Gasteiger partial charge in [0.25, 0.3) is 0 Å². The Hall–Kier alpha value is -0.380. The highest BCUT2D eigenvalue weighted by Crippen LogP contribution is 2.24. The van der Waals surface area contributed by atoms with E-state index in [0.717, 1.165) is 12.6 Å². The van der Waals surface area contributed by atoms with Gasteiger partial charge in [0.2, 0.25) is 0 Å². The summed E-state index contributed by atoms with van der Waals surface area (Å²) < 4.78 is 0. The largest absolute Gasteiger partial charge is 0.298 e. The van der Waals surface area contributed by atoms with Gasteiger partial charge in [-0.15, -0.1) is 11.3 Å². The molecule has 0 N–H and O–H groups in total. The number of hydrogen-bond acceptors (Lipinski definition) is 3. The molecule has 0 spiro atoms. The van der Waals surface area contributed by atoms with Crippen LogP contribution in [0.3, 0.4) is 0 Å². The molecule has 3 heteroatoms. The highest BCUT2D eigenvalue weighted by Gasteiger charge is 2.24. The highest BCUT2D eigenvalue weighted by atomic mass is 32.1. The summed E-state index contributed by atoms with van der Waals surface area (Å²) in [5, 5.41) is 2.32. The predicted octanol–water partition coefficient (Wildman–Crippen LogP) is 3.51. The normalized spacial score (nSPS) is 23.8. The van der Waals surface area contributed by atoms with E-state index in [2.05, 4.69) is 28.2 Å². The van der Waals surface area contributed by atoms with Crippen molar-refractivity contribution >= 4 is 11.3 Å². The Morgan fingerprint density at radius 3 is 2.47 bits per heavy atom. The van der Waals surface area contributed by atoms with E-state index in [-0.39, 0.29) is 0 Å². The van der Waals surface area contributed by atoms with Gasteiger partial charge in [0.15, 0.2) is 0 Å². The third-order valence-corrected chi connectivity index (χ3v) is 5.60. The van der Waals surface area contributed by atoms with Crippen LogP contribution in [-0.4, -0.2) is 42.0 Å². The minimum absolute atomic E-state index is 0.902. The Labute approximate surface area is 121 Å². The van der Waals surface area contributed by atoms with Gasteiger partial charge in [-0.25, -0.2) is 0 Å². The van der Waals surface area contributed by atoms with Crippen LogP contribution in [0, 0.1) is 6.92 Å². The molecular weight excluding hydrogens is 252 g/mol. The van der Waals surface area contributed by atoms with Crippen LogP contribution in [0.1, 0.15) is 42.5 Å². The van der Waals surface area contributed by atoms with Crippen molar-refractivity contribution < 1.29 is 0 Å². The lowest BCUT2D eigenvalue weighted by Gasteiger charge is -2.40. The second kappa shape index (κ2) is 6.38. The first-order valence-corrected chi connectivity index (χ1v) is 8.69. The minimum Gasteiger partial charge on any atom is -0.298 e. The number of rotatable bonds is 3. The van der Waals surface area contributed by atoms with Gasteiger partial charge in [-0.1, -0.05) is 19.3 Å². The average Bonchev–Trinajstić information content (AvgIpc) is 2.86. The zero-order valence-corrected chi connectivity index (χ0v) is 12.9. The molecule has 0 aromatic carbocycles. The van der Waals surface area contributed by atoms with E-state index in [4.69, 9.17) is 0 Å². The maximum atomic E-state index is 2.76. The van der Waals surface area contributed by atoms with Gasteiger partial charge < -0.3 is 0 Å². The van der Waals surface area contributed by atoms with Crippen LogP contribution < -0.4 is 0 Å². The number of thiophene rings is 1. The second-order valence-corrected chi connectivity index (χ2v) is 7.28. The van der Waals surface area contributed by atoms with Crippen LogP contribution in [0.25, 0.3) is 0 Å². The molecule has 19 heavy (non-hydrogen) atoms. The molecule has 2 nitrogen and oxygen atoms in total. The fraction of sp³-hybridized carbons (Fsp3) is 0.750. The van der Waals surface area contributed by atoms with Crippen LogP contribution in [-0.2, 0) is 6.54 Å². The van der Waals surface area contributed by atoms with Crippen molar-refractivity contribution in [3.8, 4) is 0 Å². The zero-order chi connectivity index (χ0) is 13.1. The lowest BCUT2D eigenvalue weighted by atomic mass is 9.94. The zero-order valence-electron chi connectivity index (χ0n) is 12.1. The summed E-state index contributed by atoms with van der Waals surface area (Å²) in [5.41, 5.74) is 1.51. The summed E-state index contributed by atoms with van der Waals surface area (Å²) in [6.45, 7) is 8.44. The van der Waals surface area contributed by atoms with E-state index in [1.165, 1.54) is 68.7 Å². The molecular formula is C16H26N2S. The van der Waals surface area contributed by atoms with Gasteiger partial charge in [0.1, 0.15) is 0 Å². The summed E-state index contributed by atoms with van der Waals surface area (Å²) >= 11 is 1.88. The summed E-state index contributed by atoms with van der Waals surface area (Å²) in [7, 11) is 0. The van der Waals surface area contributed by atoms with E-state index in [1.54, 1.807) is 0 Å². The molecule has 106 valence electrons. The molecule has 3 rings (SSSR count). The molecule has 0 unspecified atom stereocenters. The van der Waals surface area contributed by atoms with Crippen molar-refractivity contribution in [1.29, 1.82) is 0 Å². The molecule has 1 aliphatic carbocycles. The molecule has 0 bridgehead atoms. The Bertz CT molecular complexity index is 387. The molecule has 1 aliphatic heterocycles. The average molecular weight is 278 g/mol. The summed E-state index contributed by atoms with van der Waals surface area (Å²) in [6.07, 6.45) is 7.28. The third kappa shape index (κ3) is 3.59. The predicted molar refractivity (Wildman–Crippen MR) is 82.8 cm³/mol. The molecule has 0 amide bonds. The Morgan fingerprint density at radius 1 is 1.11 bits per heavy atom. The molecule has 0 radical (unpaired) electrons. The summed E-state index contributed by atoms with van der Waals surface area (Å²) in [6, 6.07) is 3.25. The second-order valence-electron chi connectivity index (χ2n) is 6.17. The van der Waals surface area contributed by atoms with Crippen LogP contribution in [0.15, 0.2) is 11.4 Å². The third-order valence-electron chi connectivity index (χ3n) is 4.69. The molecule has 1 saturated carbocycles. The quantitative estimate of drug-likeness (QED) is 0.835. The van der Waals surface area contributed by atoms with E-state index in [9.17, 15) is 0 Å². The monoisotopic (exact) mass is 278 g/mol. The summed E-state index contributed by atoms with van der Waals surface area (Å²) in [5.74, 6) is 0. The van der Waals surface area contributed by atoms with Crippen molar-refractivity contribution in [3.63, 3.8) is 0 Å². The molecule has 2 aliphatic rings. The van der Waals surface area contributed by atoms with E-state index >= 15 is 0 Å². The molecule has 2 fully saturated rings. The van der Waals surface area contributed by atoms with Crippen molar-refractivity contribution in [3.05, 3.63) is 21.9 Å². The number of nitrogens with zero attached hydrogens (tertiary/aromatic N) is 2. The van der Waals surface area contributed by atoms with Gasteiger partial charge in [-0.3, -0.25) is 9.80 Å². The van der Waals surface area contributed by atoms with Crippen molar-refractivity contribution in [2.24, 2.45) is 0 Å². The van der Waals surface area contributed by atoms with Gasteiger partial charge in [-0.05, 0) is 36.8 Å². The Kier molecular flexibility index (Phi) is 4.57. The molecule has 1 saturated heterocycles. The minimum atomic E-state index is 0.902. The van der Waals surface area contributed by atoms with E-state index < -0.39 is 0 Å². The summed E-state index contributed by atoms with van der Waals surface area (Å²) in [4.78, 5) is 6.82. The number of aryl methyl sites for hydroxylation is 1. The van der Waals surface area contributed by atoms with Crippen LogP contribution in [0.5, 0.6) is 0 Å². The Morgan fingerprint density at radius 2 is 1.84 bits per heavy atom. The topological polar surface area (TPSA) is 6.48 Å². The SMILES string of the molecule is Cc1cc(CN2CCN(C3CCCCC3)CC2)cs1. The van der Waals surface area contributed by atoms with Crippen LogP contribution >= 0.6 is 11.3 Å². The van der Waals surface area contributed by atoms with E-state index in [1.807, 2.05) is 11.3 Å². The molecule has 1 aromatic rings. The Balaban J connectivity index is 1.46. The fourth-order valence-corrected chi connectivity index (χ4v) is 4.27. The molecule has 0 atom stereocenters. The van der Waals surface area contributed by atoms with Gasteiger partial charge in [-0.2, -0.15) is 0 Å². The number of hydrogen-bond donors (Lipinski definition) is 0. The molecule has 1 aromatic heterocycles. The lowest BCUT2D eigenvalue weighted by molar-refractivity contribution is 0.0755. The maximum absolute atomic E-state index is 2.76. The standard InChI is InChI=1S/C16H26N2S/c1-14-11-15(13-19-14)12-17-7-9-18(10-8-17)16-5-3-2-4-6-16/h11,13,16H,2-10,12H2,1H3. The highest BCUT2D eigenvalue weighted by molar-refractivity contribution is 7.10. The first-order valence-electron chi connectivity index (χ1n) is 7.82. The van der Waals surface area contributed by atoms with Crippen LogP contribution in [0.4, 0.5) is 0 Å². The molecule has 2 heterocycles. The first-order chi connectivity index (χ1) is 9.31. The van der Waals surface area contributed by atoms with Crippen molar-refractivity contribution in [1.82, 2.24) is 9.80 Å². The van der Waals surface area contributed by atoms with Crippen molar-refractivity contribution in [2.45, 2.75) is 51.6 Å². The number of piperazine rings is 1. The van der Waals surface area contributed by atoms with E-state index in [0.29, 0.717) is 0 Å². The first kappa shape index (κ1) is 13.6. The smallest absolute Gasteiger partial charge is 0.0243 e. The lowest BCUT2D eigenvalue weighted by Crippen LogP contribution is -2.50.